The van der Waals surface area contributed by atoms with Crippen molar-refractivity contribution in [2.75, 3.05) is 6.61 Å². The highest BCUT2D eigenvalue weighted by molar-refractivity contribution is 7.90. The first-order valence-electron chi connectivity index (χ1n) is 7.84. The minimum atomic E-state index is -4.46. The van der Waals surface area contributed by atoms with Crippen LogP contribution >= 0.6 is 11.6 Å². The summed E-state index contributed by atoms with van der Waals surface area (Å²) in [6.07, 6.45) is 1.37. The fraction of sp³-hybridized carbons (Fsp3) is 0.0556. The molecular weight excluding hydrogens is 408 g/mol. The molecule has 0 saturated heterocycles. The monoisotopic (exact) mass is 420 g/mol. The van der Waals surface area contributed by atoms with Gasteiger partial charge in [-0.3, -0.25) is 9.78 Å². The fourth-order valence-corrected chi connectivity index (χ4v) is 4.11. The average molecular weight is 421 g/mol. The van der Waals surface area contributed by atoms with Crippen molar-refractivity contribution < 1.29 is 17.9 Å². The summed E-state index contributed by atoms with van der Waals surface area (Å²) in [6.45, 7) is 3.38. The molecule has 0 radical (unpaired) electrons. The second-order valence-electron chi connectivity index (χ2n) is 5.61. The standard InChI is InChI=1S/C18H13ClN2O6S/c1-2-8-27-17(23)11-4-3-5-13(9-11)28(25,26)21-15-10-12(19)6-7-14(15)16(22)20-18(21)24/h2-7,9-10H,1,8H2,(H,20,22,24). The van der Waals surface area contributed by atoms with Gasteiger partial charge in [-0.2, -0.15) is 3.97 Å². The van der Waals surface area contributed by atoms with E-state index in [2.05, 4.69) is 6.58 Å². The number of carbonyl (C=O) groups excluding carboxylic acids is 1. The Labute approximate surface area is 163 Å². The molecule has 0 amide bonds. The molecule has 0 aliphatic carbocycles. The number of H-pyrrole nitrogens is 1. The van der Waals surface area contributed by atoms with Gasteiger partial charge >= 0.3 is 11.7 Å². The second-order valence-corrected chi connectivity index (χ2v) is 7.83. The minimum absolute atomic E-state index is 0.0252. The van der Waals surface area contributed by atoms with E-state index >= 15 is 0 Å². The van der Waals surface area contributed by atoms with Crippen LogP contribution in [0.15, 0.2) is 69.6 Å². The van der Waals surface area contributed by atoms with Crippen molar-refractivity contribution in [3.05, 3.63) is 86.5 Å². The smallest absolute Gasteiger partial charge is 0.343 e. The van der Waals surface area contributed by atoms with E-state index in [4.69, 9.17) is 16.3 Å². The Balaban J connectivity index is 2.24. The van der Waals surface area contributed by atoms with Crippen LogP contribution in [-0.4, -0.2) is 30.0 Å². The Morgan fingerprint density at radius 2 is 1.96 bits per heavy atom. The van der Waals surface area contributed by atoms with Gasteiger partial charge in [-0.1, -0.05) is 30.3 Å². The predicted molar refractivity (Wildman–Crippen MR) is 103 cm³/mol. The molecule has 0 atom stereocenters. The van der Waals surface area contributed by atoms with Crippen LogP contribution in [0.5, 0.6) is 0 Å². The van der Waals surface area contributed by atoms with Crippen molar-refractivity contribution in [1.82, 2.24) is 8.96 Å². The van der Waals surface area contributed by atoms with E-state index in [1.54, 1.807) is 0 Å². The molecular formula is C18H13ClN2O6S. The van der Waals surface area contributed by atoms with Gasteiger partial charge in [0, 0.05) is 5.02 Å². The van der Waals surface area contributed by atoms with Crippen molar-refractivity contribution in [3.8, 4) is 0 Å². The molecule has 1 aromatic heterocycles. The van der Waals surface area contributed by atoms with E-state index in [1.807, 2.05) is 4.98 Å². The van der Waals surface area contributed by atoms with E-state index in [1.165, 1.54) is 42.5 Å². The zero-order valence-electron chi connectivity index (χ0n) is 14.2. The van der Waals surface area contributed by atoms with E-state index in [0.717, 1.165) is 6.07 Å². The maximum Gasteiger partial charge on any atom is 0.343 e. The Hall–Kier alpha value is -3.17. The first-order valence-corrected chi connectivity index (χ1v) is 9.66. The third kappa shape index (κ3) is 3.49. The lowest BCUT2D eigenvalue weighted by molar-refractivity contribution is 0.0549. The summed E-state index contributed by atoms with van der Waals surface area (Å²) < 4.78 is 31.5. The largest absolute Gasteiger partial charge is 0.458 e. The predicted octanol–water partition coefficient (Wildman–Crippen LogP) is 1.92. The van der Waals surface area contributed by atoms with Crippen LogP contribution in [0.4, 0.5) is 0 Å². The van der Waals surface area contributed by atoms with Crippen molar-refractivity contribution in [1.29, 1.82) is 0 Å². The number of aromatic nitrogens is 2. The molecule has 144 valence electrons. The van der Waals surface area contributed by atoms with E-state index in [9.17, 15) is 22.8 Å². The summed E-state index contributed by atoms with van der Waals surface area (Å²) in [6, 6.07) is 8.91. The van der Waals surface area contributed by atoms with Gasteiger partial charge in [-0.25, -0.2) is 18.0 Å². The highest BCUT2D eigenvalue weighted by Crippen LogP contribution is 2.21. The van der Waals surface area contributed by atoms with Crippen LogP contribution in [0.1, 0.15) is 10.4 Å². The molecule has 0 aliphatic heterocycles. The second kappa shape index (κ2) is 7.45. The van der Waals surface area contributed by atoms with E-state index in [0.29, 0.717) is 3.97 Å². The number of nitrogens with one attached hydrogen (secondary N) is 1. The Bertz CT molecular complexity index is 1320. The van der Waals surface area contributed by atoms with Gasteiger partial charge in [0.2, 0.25) is 0 Å². The van der Waals surface area contributed by atoms with Crippen LogP contribution in [0.2, 0.25) is 5.02 Å². The fourth-order valence-electron chi connectivity index (χ4n) is 2.53. The average Bonchev–Trinajstić information content (AvgIpc) is 2.65. The van der Waals surface area contributed by atoms with Crippen molar-refractivity contribution in [2.45, 2.75) is 4.90 Å². The highest BCUT2D eigenvalue weighted by Gasteiger charge is 2.24. The van der Waals surface area contributed by atoms with Crippen LogP contribution in [-0.2, 0) is 14.8 Å². The maximum absolute atomic E-state index is 13.1. The number of halogens is 1. The summed E-state index contributed by atoms with van der Waals surface area (Å²) in [5, 5.41) is 0.109. The summed E-state index contributed by atoms with van der Waals surface area (Å²) in [4.78, 5) is 37.9. The van der Waals surface area contributed by atoms with E-state index < -0.39 is 27.2 Å². The van der Waals surface area contributed by atoms with Crippen molar-refractivity contribution >= 4 is 38.5 Å². The summed E-state index contributed by atoms with van der Waals surface area (Å²) in [7, 11) is -4.46. The number of nitrogens with zero attached hydrogens (tertiary/aromatic N) is 1. The minimum Gasteiger partial charge on any atom is -0.458 e. The molecule has 3 aromatic rings. The summed E-state index contributed by atoms with van der Waals surface area (Å²) in [5.74, 6) is -0.751. The van der Waals surface area contributed by atoms with Gasteiger partial charge in [-0.05, 0) is 36.4 Å². The molecule has 0 bridgehead atoms. The molecule has 0 fully saturated rings. The van der Waals surface area contributed by atoms with Crippen molar-refractivity contribution in [2.24, 2.45) is 0 Å². The molecule has 3 rings (SSSR count). The van der Waals surface area contributed by atoms with Gasteiger partial charge in [0.05, 0.1) is 21.4 Å². The summed E-state index contributed by atoms with van der Waals surface area (Å²) in [5.41, 5.74) is -2.10. The summed E-state index contributed by atoms with van der Waals surface area (Å²) >= 11 is 5.92. The molecule has 28 heavy (non-hydrogen) atoms. The lowest BCUT2D eigenvalue weighted by atomic mass is 10.2. The molecule has 0 aliphatic rings. The lowest BCUT2D eigenvalue weighted by Gasteiger charge is -2.11. The first kappa shape index (κ1) is 19.6. The Morgan fingerprint density at radius 1 is 1.21 bits per heavy atom. The van der Waals surface area contributed by atoms with Gasteiger partial charge in [0.25, 0.3) is 15.6 Å². The van der Waals surface area contributed by atoms with Crippen LogP contribution in [0.25, 0.3) is 10.9 Å². The molecule has 0 saturated carbocycles. The third-order valence-electron chi connectivity index (χ3n) is 3.77. The quantitative estimate of drug-likeness (QED) is 0.498. The molecule has 0 unspecified atom stereocenters. The number of carbonyl (C=O) groups is 1. The first-order chi connectivity index (χ1) is 13.3. The Kier molecular flexibility index (Phi) is 5.21. The molecule has 10 heteroatoms. The van der Waals surface area contributed by atoms with Crippen molar-refractivity contribution in [3.63, 3.8) is 0 Å². The van der Waals surface area contributed by atoms with E-state index in [-0.39, 0.29) is 33.0 Å². The molecule has 8 nitrogen and oxygen atoms in total. The molecule has 1 N–H and O–H groups in total. The van der Waals surface area contributed by atoms with Gasteiger partial charge in [-0.15, -0.1) is 0 Å². The highest BCUT2D eigenvalue weighted by atomic mass is 35.5. The normalized spacial score (nSPS) is 11.3. The number of ether oxygens (including phenoxy) is 1. The van der Waals surface area contributed by atoms with Crippen LogP contribution in [0.3, 0.4) is 0 Å². The van der Waals surface area contributed by atoms with Gasteiger partial charge in [0.15, 0.2) is 0 Å². The Morgan fingerprint density at radius 3 is 2.68 bits per heavy atom. The maximum atomic E-state index is 13.1. The number of rotatable bonds is 5. The third-order valence-corrected chi connectivity index (χ3v) is 5.70. The topological polar surface area (TPSA) is 115 Å². The van der Waals surface area contributed by atoms with Gasteiger partial charge in [0.1, 0.15) is 6.61 Å². The zero-order chi connectivity index (χ0) is 20.5. The SMILES string of the molecule is C=CCOC(=O)c1cccc(S(=O)(=O)n2c(=O)[nH]c(=O)c3ccc(Cl)cc32)c1. The number of fused-ring (bicyclic) bond motifs is 1. The molecule has 2 aromatic carbocycles. The zero-order valence-corrected chi connectivity index (χ0v) is 15.8. The number of hydrogen-bond donors (Lipinski definition) is 1. The van der Waals surface area contributed by atoms with Crippen LogP contribution < -0.4 is 11.2 Å². The number of esters is 1. The lowest BCUT2D eigenvalue weighted by Crippen LogP contribution is -2.34. The van der Waals surface area contributed by atoms with Gasteiger partial charge < -0.3 is 4.74 Å². The number of hydrogen-bond acceptors (Lipinski definition) is 6. The molecule has 0 spiro atoms. The number of aromatic amines is 1. The molecule has 1 heterocycles. The number of benzene rings is 2. The van der Waals surface area contributed by atoms with Crippen LogP contribution in [0, 0.1) is 0 Å².